The summed E-state index contributed by atoms with van der Waals surface area (Å²) in [4.78, 5) is 26.2. The first-order valence-electron chi connectivity index (χ1n) is 7.37. The van der Waals surface area contributed by atoms with E-state index in [1.54, 1.807) is 18.2 Å². The zero-order valence-corrected chi connectivity index (χ0v) is 13.5. The molecule has 0 atom stereocenters. The topological polar surface area (TPSA) is 88.6 Å². The average Bonchev–Trinajstić information content (AvgIpc) is 2.67. The zero-order chi connectivity index (χ0) is 17.0. The van der Waals surface area contributed by atoms with Crippen LogP contribution >= 0.6 is 0 Å². The summed E-state index contributed by atoms with van der Waals surface area (Å²) in [5, 5.41) is 9.38. The van der Waals surface area contributed by atoms with E-state index in [9.17, 15) is 9.59 Å². The number of rotatable bonds is 2. The Balaban J connectivity index is 2.09. The van der Waals surface area contributed by atoms with Gasteiger partial charge in [-0.05, 0) is 45.3 Å². The second-order valence-corrected chi connectivity index (χ2v) is 6.73. The largest absolute Gasteiger partial charge is 0.494 e. The Morgan fingerprint density at radius 1 is 1.17 bits per heavy atom. The molecule has 120 valence electrons. The molecule has 1 aromatic carbocycles. The molecule has 1 aromatic heterocycles. The van der Waals surface area contributed by atoms with Crippen molar-refractivity contribution in [1.82, 2.24) is 4.98 Å². The van der Waals surface area contributed by atoms with E-state index in [-0.39, 0.29) is 5.56 Å². The molecule has 0 amide bonds. The highest BCUT2D eigenvalue weighted by Crippen LogP contribution is 2.36. The molecule has 0 aliphatic carbocycles. The fourth-order valence-electron chi connectivity index (χ4n) is 2.52. The normalized spacial score (nSPS) is 19.2. The van der Waals surface area contributed by atoms with Gasteiger partial charge in [0.05, 0.1) is 11.2 Å². The molecular formula is C16H18BNO5. The summed E-state index contributed by atoms with van der Waals surface area (Å²) in [5.74, 6) is -1.26. The third kappa shape index (κ3) is 2.46. The lowest BCUT2D eigenvalue weighted by molar-refractivity contribution is 0.00578. The van der Waals surface area contributed by atoms with E-state index in [1.165, 1.54) is 6.20 Å². The highest BCUT2D eigenvalue weighted by atomic mass is 16.7. The molecule has 0 radical (unpaired) electrons. The molecule has 7 heteroatoms. The predicted molar refractivity (Wildman–Crippen MR) is 87.2 cm³/mol. The number of nitrogens with one attached hydrogen (secondary N) is 1. The first-order chi connectivity index (χ1) is 10.6. The van der Waals surface area contributed by atoms with Gasteiger partial charge in [-0.2, -0.15) is 0 Å². The molecule has 0 bridgehead atoms. The Morgan fingerprint density at radius 3 is 2.35 bits per heavy atom. The zero-order valence-electron chi connectivity index (χ0n) is 13.5. The van der Waals surface area contributed by atoms with E-state index in [1.807, 2.05) is 27.7 Å². The summed E-state index contributed by atoms with van der Waals surface area (Å²) in [6.45, 7) is 7.79. The van der Waals surface area contributed by atoms with Crippen molar-refractivity contribution in [3.63, 3.8) is 0 Å². The van der Waals surface area contributed by atoms with Crippen molar-refractivity contribution in [2.75, 3.05) is 0 Å². The number of fused-ring (bicyclic) bond motifs is 1. The lowest BCUT2D eigenvalue weighted by Gasteiger charge is -2.32. The average molecular weight is 315 g/mol. The van der Waals surface area contributed by atoms with Crippen molar-refractivity contribution < 1.29 is 19.2 Å². The third-order valence-corrected chi connectivity index (χ3v) is 4.66. The van der Waals surface area contributed by atoms with Crippen molar-refractivity contribution in [3.8, 4) is 0 Å². The summed E-state index contributed by atoms with van der Waals surface area (Å²) in [5.41, 5.74) is -0.526. The smallest absolute Gasteiger partial charge is 0.477 e. The van der Waals surface area contributed by atoms with Crippen LogP contribution in [0.4, 0.5) is 0 Å². The fourth-order valence-corrected chi connectivity index (χ4v) is 2.52. The quantitative estimate of drug-likeness (QED) is 0.821. The standard InChI is InChI=1S/C16H18BNO5/c1-15(2)16(3,4)23-17(22-15)9-5-6-12-10(7-9)13(19)11(8-18-12)14(20)21/h5-8H,1-4H3,(H,18,19)(H,20,21). The number of carboxylic acid groups (broad SMARTS) is 1. The summed E-state index contributed by atoms with van der Waals surface area (Å²) in [7, 11) is -0.600. The van der Waals surface area contributed by atoms with Crippen LogP contribution in [0.5, 0.6) is 0 Å². The molecule has 2 N–H and O–H groups in total. The molecule has 0 unspecified atom stereocenters. The van der Waals surface area contributed by atoms with Gasteiger partial charge in [0.2, 0.25) is 5.43 Å². The SMILES string of the molecule is CC1(C)OB(c2ccc3[nH]cc(C(=O)O)c(=O)c3c2)OC1(C)C. The van der Waals surface area contributed by atoms with Crippen molar-refractivity contribution in [3.05, 3.63) is 40.2 Å². The summed E-state index contributed by atoms with van der Waals surface area (Å²) >= 11 is 0. The molecular weight excluding hydrogens is 297 g/mol. The van der Waals surface area contributed by atoms with Crippen LogP contribution in [0.1, 0.15) is 38.1 Å². The molecule has 2 heterocycles. The van der Waals surface area contributed by atoms with Gasteiger partial charge in [0.25, 0.3) is 0 Å². The fraction of sp³-hybridized carbons (Fsp3) is 0.375. The van der Waals surface area contributed by atoms with E-state index in [4.69, 9.17) is 14.4 Å². The van der Waals surface area contributed by atoms with E-state index >= 15 is 0 Å². The Labute approximate surface area is 133 Å². The van der Waals surface area contributed by atoms with Crippen LogP contribution in [0.2, 0.25) is 0 Å². The van der Waals surface area contributed by atoms with Crippen molar-refractivity contribution in [2.24, 2.45) is 0 Å². The maximum absolute atomic E-state index is 12.3. The van der Waals surface area contributed by atoms with Gasteiger partial charge in [-0.25, -0.2) is 4.79 Å². The molecule has 6 nitrogen and oxygen atoms in total. The maximum atomic E-state index is 12.3. The minimum atomic E-state index is -1.26. The molecule has 1 fully saturated rings. The first-order valence-corrected chi connectivity index (χ1v) is 7.37. The van der Waals surface area contributed by atoms with Crippen LogP contribution in [-0.4, -0.2) is 34.4 Å². The highest BCUT2D eigenvalue weighted by molar-refractivity contribution is 6.62. The summed E-state index contributed by atoms with van der Waals surface area (Å²) in [6.07, 6.45) is 1.21. The molecule has 3 rings (SSSR count). The van der Waals surface area contributed by atoms with Gasteiger partial charge in [-0.15, -0.1) is 0 Å². The van der Waals surface area contributed by atoms with Gasteiger partial charge < -0.3 is 19.4 Å². The van der Waals surface area contributed by atoms with E-state index in [2.05, 4.69) is 4.98 Å². The van der Waals surface area contributed by atoms with Gasteiger partial charge in [0, 0.05) is 17.1 Å². The van der Waals surface area contributed by atoms with E-state index < -0.39 is 29.7 Å². The van der Waals surface area contributed by atoms with Crippen molar-refractivity contribution >= 4 is 29.5 Å². The van der Waals surface area contributed by atoms with E-state index in [0.29, 0.717) is 16.4 Å². The van der Waals surface area contributed by atoms with Gasteiger partial charge in [-0.1, -0.05) is 6.07 Å². The first kappa shape index (κ1) is 15.8. The van der Waals surface area contributed by atoms with Gasteiger partial charge in [-0.3, -0.25) is 4.79 Å². The van der Waals surface area contributed by atoms with Gasteiger partial charge >= 0.3 is 13.1 Å². The second kappa shape index (κ2) is 4.94. The number of H-pyrrole nitrogens is 1. The minimum absolute atomic E-state index is 0.288. The number of hydrogen-bond donors (Lipinski definition) is 2. The van der Waals surface area contributed by atoms with Crippen LogP contribution in [0.25, 0.3) is 10.9 Å². The number of carbonyl (C=O) groups is 1. The number of carboxylic acids is 1. The molecule has 0 saturated carbocycles. The Bertz CT molecular complexity index is 839. The Morgan fingerprint density at radius 2 is 1.78 bits per heavy atom. The maximum Gasteiger partial charge on any atom is 0.494 e. The lowest BCUT2D eigenvalue weighted by Crippen LogP contribution is -2.41. The molecule has 0 spiro atoms. The highest BCUT2D eigenvalue weighted by Gasteiger charge is 2.51. The van der Waals surface area contributed by atoms with Crippen molar-refractivity contribution in [1.29, 1.82) is 0 Å². The molecule has 1 aliphatic heterocycles. The van der Waals surface area contributed by atoms with Crippen LogP contribution in [0.15, 0.2) is 29.2 Å². The second-order valence-electron chi connectivity index (χ2n) is 6.73. The van der Waals surface area contributed by atoms with Crippen LogP contribution < -0.4 is 10.9 Å². The van der Waals surface area contributed by atoms with E-state index in [0.717, 1.165) is 0 Å². The molecule has 1 aliphatic rings. The lowest BCUT2D eigenvalue weighted by atomic mass is 9.78. The Hall–Kier alpha value is -2.12. The van der Waals surface area contributed by atoms with Crippen LogP contribution in [-0.2, 0) is 9.31 Å². The van der Waals surface area contributed by atoms with Gasteiger partial charge in [0.1, 0.15) is 5.56 Å². The number of hydrogen-bond acceptors (Lipinski definition) is 4. The number of aromatic nitrogens is 1. The molecule has 23 heavy (non-hydrogen) atoms. The van der Waals surface area contributed by atoms with Crippen LogP contribution in [0, 0.1) is 0 Å². The minimum Gasteiger partial charge on any atom is -0.477 e. The number of benzene rings is 1. The number of pyridine rings is 1. The predicted octanol–water partition coefficient (Wildman–Crippen LogP) is 1.53. The van der Waals surface area contributed by atoms with Crippen LogP contribution in [0.3, 0.4) is 0 Å². The molecule has 2 aromatic rings. The number of aromatic carboxylic acids is 1. The Kier molecular flexibility index (Phi) is 3.39. The third-order valence-electron chi connectivity index (χ3n) is 4.66. The monoisotopic (exact) mass is 315 g/mol. The summed E-state index contributed by atoms with van der Waals surface area (Å²) < 4.78 is 11.9. The molecule has 1 saturated heterocycles. The number of aromatic amines is 1. The van der Waals surface area contributed by atoms with Crippen molar-refractivity contribution in [2.45, 2.75) is 38.9 Å². The van der Waals surface area contributed by atoms with Gasteiger partial charge in [0.15, 0.2) is 0 Å². The summed E-state index contributed by atoms with van der Waals surface area (Å²) in [6, 6.07) is 5.16.